The summed E-state index contributed by atoms with van der Waals surface area (Å²) in [6.45, 7) is 8.01. The molecule has 182 valence electrons. The molecule has 1 aromatic carbocycles. The van der Waals surface area contributed by atoms with Crippen LogP contribution in [0.3, 0.4) is 0 Å². The Morgan fingerprint density at radius 2 is 1.97 bits per heavy atom. The molecule has 1 unspecified atom stereocenters. The molecule has 0 radical (unpaired) electrons. The van der Waals surface area contributed by atoms with Gasteiger partial charge in [0.05, 0.1) is 12.2 Å². The summed E-state index contributed by atoms with van der Waals surface area (Å²) in [4.78, 5) is 29.8. The molecule has 1 aliphatic carbocycles. The molecule has 0 aromatic heterocycles. The summed E-state index contributed by atoms with van der Waals surface area (Å²) in [5.41, 5.74) is 3.55. The second-order valence-electron chi connectivity index (χ2n) is 10.6. The SMILES string of the molecule is CC(C)c1cc(Cl)ccc1OCC(=O)N1CCC2(CC1)CN(C(=O)C1CCC3=C(C1)N=NC3)C2. The maximum atomic E-state index is 13.0. The topological polar surface area (TPSA) is 74.6 Å². The number of carbonyl (C=O) groups excluding carboxylic acids is 2. The van der Waals surface area contributed by atoms with Gasteiger partial charge in [-0.05, 0) is 60.9 Å². The highest BCUT2D eigenvalue weighted by Gasteiger charge is 2.48. The number of hydrogen-bond donors (Lipinski definition) is 0. The number of ether oxygens (including phenoxy) is 1. The van der Waals surface area contributed by atoms with Crippen LogP contribution in [-0.4, -0.2) is 60.9 Å². The fraction of sp³-hybridized carbons (Fsp3) is 0.615. The van der Waals surface area contributed by atoms with E-state index in [0.29, 0.717) is 5.02 Å². The van der Waals surface area contributed by atoms with Crippen molar-refractivity contribution in [3.8, 4) is 5.75 Å². The Labute approximate surface area is 206 Å². The van der Waals surface area contributed by atoms with Gasteiger partial charge in [-0.1, -0.05) is 25.4 Å². The summed E-state index contributed by atoms with van der Waals surface area (Å²) < 4.78 is 5.89. The van der Waals surface area contributed by atoms with Crippen LogP contribution in [0, 0.1) is 11.3 Å². The molecule has 0 bridgehead atoms. The fourth-order valence-electron chi connectivity index (χ4n) is 5.73. The first-order chi connectivity index (χ1) is 16.3. The van der Waals surface area contributed by atoms with E-state index in [-0.39, 0.29) is 35.7 Å². The van der Waals surface area contributed by atoms with E-state index < -0.39 is 0 Å². The van der Waals surface area contributed by atoms with Gasteiger partial charge >= 0.3 is 0 Å². The molecular formula is C26H33ClN4O3. The van der Waals surface area contributed by atoms with Gasteiger partial charge in [0.2, 0.25) is 5.91 Å². The molecule has 1 aromatic rings. The highest BCUT2D eigenvalue weighted by atomic mass is 35.5. The van der Waals surface area contributed by atoms with Crippen molar-refractivity contribution in [2.45, 2.75) is 51.9 Å². The van der Waals surface area contributed by atoms with Crippen molar-refractivity contribution in [3.63, 3.8) is 0 Å². The number of amides is 2. The minimum Gasteiger partial charge on any atom is -0.483 e. The van der Waals surface area contributed by atoms with Crippen LogP contribution in [0.2, 0.25) is 5.02 Å². The van der Waals surface area contributed by atoms with Gasteiger partial charge in [-0.2, -0.15) is 10.2 Å². The van der Waals surface area contributed by atoms with Gasteiger partial charge in [-0.3, -0.25) is 9.59 Å². The van der Waals surface area contributed by atoms with Gasteiger partial charge in [0, 0.05) is 49.0 Å². The zero-order chi connectivity index (χ0) is 23.9. The number of carbonyl (C=O) groups is 2. The third-order valence-corrected chi connectivity index (χ3v) is 8.17. The Bertz CT molecular complexity index is 1030. The molecule has 1 atom stereocenters. The summed E-state index contributed by atoms with van der Waals surface area (Å²) in [6, 6.07) is 5.54. The number of rotatable bonds is 5. The minimum absolute atomic E-state index is 0.0174. The third-order valence-electron chi connectivity index (χ3n) is 7.93. The quantitative estimate of drug-likeness (QED) is 0.601. The monoisotopic (exact) mass is 484 g/mol. The van der Waals surface area contributed by atoms with Crippen molar-refractivity contribution in [1.29, 1.82) is 0 Å². The zero-order valence-electron chi connectivity index (χ0n) is 20.1. The summed E-state index contributed by atoms with van der Waals surface area (Å²) >= 11 is 6.12. The van der Waals surface area contributed by atoms with E-state index in [2.05, 4.69) is 24.1 Å². The van der Waals surface area contributed by atoms with Crippen LogP contribution < -0.4 is 4.74 Å². The van der Waals surface area contributed by atoms with Crippen molar-refractivity contribution < 1.29 is 14.3 Å². The highest BCUT2D eigenvalue weighted by molar-refractivity contribution is 6.30. The molecule has 3 aliphatic heterocycles. The molecule has 2 amide bonds. The van der Waals surface area contributed by atoms with Crippen LogP contribution in [0.1, 0.15) is 57.4 Å². The van der Waals surface area contributed by atoms with Crippen molar-refractivity contribution in [1.82, 2.24) is 9.80 Å². The molecule has 8 heteroatoms. The minimum atomic E-state index is 0.0174. The van der Waals surface area contributed by atoms with Crippen LogP contribution >= 0.6 is 11.6 Å². The number of piperidine rings is 1. The second-order valence-corrected chi connectivity index (χ2v) is 11.0. The smallest absolute Gasteiger partial charge is 0.260 e. The molecular weight excluding hydrogens is 452 g/mol. The first-order valence-corrected chi connectivity index (χ1v) is 12.8. The molecule has 4 aliphatic rings. The lowest BCUT2D eigenvalue weighted by atomic mass is 9.71. The third kappa shape index (κ3) is 4.59. The normalized spacial score (nSPS) is 23.4. The number of hydrogen-bond acceptors (Lipinski definition) is 5. The van der Waals surface area contributed by atoms with Crippen LogP contribution in [0.4, 0.5) is 0 Å². The van der Waals surface area contributed by atoms with E-state index in [0.717, 1.165) is 81.8 Å². The van der Waals surface area contributed by atoms with Crippen molar-refractivity contribution in [3.05, 3.63) is 40.1 Å². The number of nitrogens with zero attached hydrogens (tertiary/aromatic N) is 4. The van der Waals surface area contributed by atoms with Crippen LogP contribution in [-0.2, 0) is 9.59 Å². The summed E-state index contributed by atoms with van der Waals surface area (Å²) in [5.74, 6) is 1.33. The van der Waals surface area contributed by atoms with Gasteiger partial charge in [-0.15, -0.1) is 0 Å². The van der Waals surface area contributed by atoms with Gasteiger partial charge in [0.1, 0.15) is 5.75 Å². The number of benzene rings is 1. The van der Waals surface area contributed by atoms with Gasteiger partial charge in [0.15, 0.2) is 6.61 Å². The lowest BCUT2D eigenvalue weighted by molar-refractivity contribution is -0.154. The summed E-state index contributed by atoms with van der Waals surface area (Å²) in [6.07, 6.45) is 4.49. The molecule has 2 saturated heterocycles. The molecule has 1 spiro atoms. The average Bonchev–Trinajstić information content (AvgIpc) is 3.29. The molecule has 2 fully saturated rings. The molecule has 0 N–H and O–H groups in total. The Morgan fingerprint density at radius 3 is 2.71 bits per heavy atom. The zero-order valence-corrected chi connectivity index (χ0v) is 20.8. The largest absolute Gasteiger partial charge is 0.483 e. The first-order valence-electron chi connectivity index (χ1n) is 12.4. The van der Waals surface area contributed by atoms with Crippen LogP contribution in [0.5, 0.6) is 5.75 Å². The second kappa shape index (κ2) is 9.33. The first kappa shape index (κ1) is 23.3. The van der Waals surface area contributed by atoms with Crippen LogP contribution in [0.25, 0.3) is 0 Å². The van der Waals surface area contributed by atoms with Gasteiger partial charge in [0.25, 0.3) is 5.91 Å². The predicted octanol–water partition coefficient (Wildman–Crippen LogP) is 4.81. The Balaban J connectivity index is 1.08. The van der Waals surface area contributed by atoms with E-state index >= 15 is 0 Å². The van der Waals surface area contributed by atoms with E-state index in [1.54, 1.807) is 6.07 Å². The standard InChI is InChI=1S/C26H33ClN4O3/c1-17(2)21-12-20(27)5-6-23(21)34-14-24(32)30-9-7-26(8-10-30)15-31(16-26)25(33)18-3-4-19-13-28-29-22(19)11-18/h5-6,12,17-18H,3-4,7-11,13-16H2,1-2H3. The summed E-state index contributed by atoms with van der Waals surface area (Å²) in [5, 5.41) is 9.02. The van der Waals surface area contributed by atoms with E-state index in [4.69, 9.17) is 16.3 Å². The Kier molecular flexibility index (Phi) is 6.40. The van der Waals surface area contributed by atoms with E-state index in [1.165, 1.54) is 5.57 Å². The lowest BCUT2D eigenvalue weighted by Crippen LogP contribution is -2.63. The predicted molar refractivity (Wildman–Crippen MR) is 130 cm³/mol. The highest BCUT2D eigenvalue weighted by Crippen LogP contribution is 2.43. The maximum Gasteiger partial charge on any atom is 0.260 e. The summed E-state index contributed by atoms with van der Waals surface area (Å²) in [7, 11) is 0. The molecule has 34 heavy (non-hydrogen) atoms. The fourth-order valence-corrected chi connectivity index (χ4v) is 5.91. The molecule has 3 heterocycles. The van der Waals surface area contributed by atoms with E-state index in [1.807, 2.05) is 21.9 Å². The Hall–Kier alpha value is -2.41. The molecule has 0 saturated carbocycles. The van der Waals surface area contributed by atoms with Crippen molar-refractivity contribution >= 4 is 23.4 Å². The van der Waals surface area contributed by atoms with Gasteiger partial charge in [-0.25, -0.2) is 0 Å². The Morgan fingerprint density at radius 1 is 1.21 bits per heavy atom. The van der Waals surface area contributed by atoms with Crippen molar-refractivity contribution in [2.75, 3.05) is 39.3 Å². The lowest BCUT2D eigenvalue weighted by Gasteiger charge is -2.54. The van der Waals surface area contributed by atoms with Crippen LogP contribution in [0.15, 0.2) is 39.7 Å². The molecule has 5 rings (SSSR count). The number of halogens is 1. The number of allylic oxidation sites excluding steroid dienone is 1. The van der Waals surface area contributed by atoms with Gasteiger partial charge < -0.3 is 14.5 Å². The average molecular weight is 485 g/mol. The number of azo groups is 1. The number of likely N-dealkylation sites (tertiary alicyclic amines) is 2. The molecule has 7 nitrogen and oxygen atoms in total. The van der Waals surface area contributed by atoms with Crippen molar-refractivity contribution in [2.24, 2.45) is 21.6 Å². The maximum absolute atomic E-state index is 13.0. The van der Waals surface area contributed by atoms with E-state index in [9.17, 15) is 9.59 Å².